The SMILES string of the molecule is CCCNCc1cn(C)nc1-c1ccco1. The summed E-state index contributed by atoms with van der Waals surface area (Å²) >= 11 is 0. The van der Waals surface area contributed by atoms with E-state index in [2.05, 4.69) is 17.3 Å². The highest BCUT2D eigenvalue weighted by Gasteiger charge is 2.11. The van der Waals surface area contributed by atoms with E-state index in [1.54, 1.807) is 6.26 Å². The van der Waals surface area contributed by atoms with E-state index in [1.165, 1.54) is 5.56 Å². The smallest absolute Gasteiger partial charge is 0.154 e. The van der Waals surface area contributed by atoms with Gasteiger partial charge < -0.3 is 9.73 Å². The van der Waals surface area contributed by atoms with Crippen molar-refractivity contribution in [1.82, 2.24) is 15.1 Å². The van der Waals surface area contributed by atoms with Gasteiger partial charge in [0.25, 0.3) is 0 Å². The topological polar surface area (TPSA) is 43.0 Å². The molecule has 2 heterocycles. The molecule has 0 spiro atoms. The molecule has 0 aromatic carbocycles. The van der Waals surface area contributed by atoms with Crippen LogP contribution in [0.2, 0.25) is 0 Å². The van der Waals surface area contributed by atoms with Crippen LogP contribution >= 0.6 is 0 Å². The highest BCUT2D eigenvalue weighted by atomic mass is 16.3. The van der Waals surface area contributed by atoms with Crippen LogP contribution in [0, 0.1) is 0 Å². The zero-order valence-electron chi connectivity index (χ0n) is 9.73. The maximum absolute atomic E-state index is 5.38. The summed E-state index contributed by atoms with van der Waals surface area (Å²) in [6.07, 6.45) is 4.84. The Morgan fingerprint density at radius 2 is 2.38 bits per heavy atom. The first-order chi connectivity index (χ1) is 7.81. The Bertz CT molecular complexity index is 431. The van der Waals surface area contributed by atoms with Crippen LogP contribution in [0.25, 0.3) is 11.5 Å². The minimum absolute atomic E-state index is 0.828. The molecule has 2 aromatic heterocycles. The highest BCUT2D eigenvalue weighted by molar-refractivity contribution is 5.56. The molecule has 0 saturated heterocycles. The van der Waals surface area contributed by atoms with Gasteiger partial charge in [0.2, 0.25) is 0 Å². The predicted molar refractivity (Wildman–Crippen MR) is 62.9 cm³/mol. The summed E-state index contributed by atoms with van der Waals surface area (Å²) in [6, 6.07) is 3.82. The number of furan rings is 1. The van der Waals surface area contributed by atoms with Crippen LogP contribution in [0.5, 0.6) is 0 Å². The first-order valence-corrected chi connectivity index (χ1v) is 5.58. The second kappa shape index (κ2) is 4.99. The molecule has 0 radical (unpaired) electrons. The number of hydrogen-bond donors (Lipinski definition) is 1. The van der Waals surface area contributed by atoms with Gasteiger partial charge in [0.05, 0.1) is 6.26 Å². The van der Waals surface area contributed by atoms with Gasteiger partial charge in [-0.05, 0) is 25.1 Å². The summed E-state index contributed by atoms with van der Waals surface area (Å²) in [5.74, 6) is 0.828. The molecule has 0 unspecified atom stereocenters. The van der Waals surface area contributed by atoms with Crippen LogP contribution in [0.15, 0.2) is 29.0 Å². The molecule has 1 N–H and O–H groups in total. The van der Waals surface area contributed by atoms with E-state index in [1.807, 2.05) is 30.1 Å². The lowest BCUT2D eigenvalue weighted by Crippen LogP contribution is -2.13. The third-order valence-electron chi connectivity index (χ3n) is 2.40. The molecule has 16 heavy (non-hydrogen) atoms. The summed E-state index contributed by atoms with van der Waals surface area (Å²) in [5, 5.41) is 7.79. The summed E-state index contributed by atoms with van der Waals surface area (Å²) in [6.45, 7) is 4.01. The predicted octanol–water partition coefficient (Wildman–Crippen LogP) is 2.18. The average molecular weight is 219 g/mol. The Labute approximate surface area is 95.3 Å². The maximum Gasteiger partial charge on any atom is 0.154 e. The molecule has 4 nitrogen and oxygen atoms in total. The fourth-order valence-electron chi connectivity index (χ4n) is 1.69. The molecule has 0 aliphatic heterocycles. The Morgan fingerprint density at radius 3 is 3.06 bits per heavy atom. The first-order valence-electron chi connectivity index (χ1n) is 5.58. The highest BCUT2D eigenvalue weighted by Crippen LogP contribution is 2.21. The van der Waals surface area contributed by atoms with Crippen molar-refractivity contribution >= 4 is 0 Å². The lowest BCUT2D eigenvalue weighted by molar-refractivity contribution is 0.576. The third kappa shape index (κ3) is 2.33. The molecule has 0 atom stereocenters. The Hall–Kier alpha value is -1.55. The largest absolute Gasteiger partial charge is 0.463 e. The van der Waals surface area contributed by atoms with Crippen LogP contribution in [0.1, 0.15) is 18.9 Å². The van der Waals surface area contributed by atoms with Crippen molar-refractivity contribution in [3.8, 4) is 11.5 Å². The minimum atomic E-state index is 0.828. The van der Waals surface area contributed by atoms with E-state index >= 15 is 0 Å². The van der Waals surface area contributed by atoms with Crippen molar-refractivity contribution in [3.63, 3.8) is 0 Å². The van der Waals surface area contributed by atoms with Gasteiger partial charge in [-0.3, -0.25) is 4.68 Å². The number of nitrogens with zero attached hydrogens (tertiary/aromatic N) is 2. The normalized spacial score (nSPS) is 10.9. The van der Waals surface area contributed by atoms with Crippen LogP contribution in [-0.4, -0.2) is 16.3 Å². The Balaban J connectivity index is 2.17. The standard InChI is InChI=1S/C12H17N3O/c1-3-6-13-8-10-9-15(2)14-12(10)11-5-4-7-16-11/h4-5,7,9,13H,3,6,8H2,1-2H3. The molecule has 0 fully saturated rings. The third-order valence-corrected chi connectivity index (χ3v) is 2.40. The van der Waals surface area contributed by atoms with Gasteiger partial charge >= 0.3 is 0 Å². The molecule has 4 heteroatoms. The fourth-order valence-corrected chi connectivity index (χ4v) is 1.69. The van der Waals surface area contributed by atoms with E-state index in [4.69, 9.17) is 4.42 Å². The van der Waals surface area contributed by atoms with Crippen molar-refractivity contribution in [2.24, 2.45) is 7.05 Å². The van der Waals surface area contributed by atoms with Gasteiger partial charge in [-0.1, -0.05) is 6.92 Å². The van der Waals surface area contributed by atoms with Gasteiger partial charge in [-0.15, -0.1) is 0 Å². The van der Waals surface area contributed by atoms with Gasteiger partial charge in [-0.2, -0.15) is 5.10 Å². The number of nitrogens with one attached hydrogen (secondary N) is 1. The van der Waals surface area contributed by atoms with Crippen molar-refractivity contribution in [1.29, 1.82) is 0 Å². The summed E-state index contributed by atoms with van der Waals surface area (Å²) in [4.78, 5) is 0. The maximum atomic E-state index is 5.38. The van der Waals surface area contributed by atoms with E-state index < -0.39 is 0 Å². The monoisotopic (exact) mass is 219 g/mol. The number of aromatic nitrogens is 2. The van der Waals surface area contributed by atoms with Crippen molar-refractivity contribution in [2.45, 2.75) is 19.9 Å². The minimum Gasteiger partial charge on any atom is -0.463 e. The van der Waals surface area contributed by atoms with Crippen LogP contribution in [0.3, 0.4) is 0 Å². The number of aryl methyl sites for hydroxylation is 1. The molecule has 0 aliphatic carbocycles. The average Bonchev–Trinajstić information content (AvgIpc) is 2.87. The molecule has 86 valence electrons. The molecule has 0 saturated carbocycles. The molecular weight excluding hydrogens is 202 g/mol. The summed E-state index contributed by atoms with van der Waals surface area (Å²) in [5.41, 5.74) is 2.10. The molecule has 2 rings (SSSR count). The first kappa shape index (κ1) is 11.0. The fraction of sp³-hybridized carbons (Fsp3) is 0.417. The van der Waals surface area contributed by atoms with E-state index in [9.17, 15) is 0 Å². The molecule has 0 bridgehead atoms. The molecular formula is C12H17N3O. The van der Waals surface area contributed by atoms with Gasteiger partial charge in [0.1, 0.15) is 5.69 Å². The molecule has 2 aromatic rings. The second-order valence-corrected chi connectivity index (χ2v) is 3.83. The van der Waals surface area contributed by atoms with Crippen molar-refractivity contribution in [2.75, 3.05) is 6.54 Å². The van der Waals surface area contributed by atoms with Crippen molar-refractivity contribution in [3.05, 3.63) is 30.2 Å². The van der Waals surface area contributed by atoms with Crippen LogP contribution in [0.4, 0.5) is 0 Å². The lowest BCUT2D eigenvalue weighted by atomic mass is 10.2. The van der Waals surface area contributed by atoms with E-state index in [0.29, 0.717) is 0 Å². The van der Waals surface area contributed by atoms with Crippen LogP contribution < -0.4 is 5.32 Å². The van der Waals surface area contributed by atoms with Crippen molar-refractivity contribution < 1.29 is 4.42 Å². The molecule has 0 aliphatic rings. The number of hydrogen-bond acceptors (Lipinski definition) is 3. The Morgan fingerprint density at radius 1 is 1.50 bits per heavy atom. The zero-order chi connectivity index (χ0) is 11.4. The van der Waals surface area contributed by atoms with Gasteiger partial charge in [-0.25, -0.2) is 0 Å². The summed E-state index contributed by atoms with van der Waals surface area (Å²) < 4.78 is 7.20. The summed E-state index contributed by atoms with van der Waals surface area (Å²) in [7, 11) is 1.93. The van der Waals surface area contributed by atoms with Crippen LogP contribution in [-0.2, 0) is 13.6 Å². The van der Waals surface area contributed by atoms with E-state index in [0.717, 1.165) is 31.0 Å². The quantitative estimate of drug-likeness (QED) is 0.784. The Kier molecular flexibility index (Phi) is 3.41. The van der Waals surface area contributed by atoms with Gasteiger partial charge in [0.15, 0.2) is 5.76 Å². The number of rotatable bonds is 5. The second-order valence-electron chi connectivity index (χ2n) is 3.83. The molecule has 0 amide bonds. The zero-order valence-corrected chi connectivity index (χ0v) is 9.73. The lowest BCUT2D eigenvalue weighted by Gasteiger charge is -2.01. The van der Waals surface area contributed by atoms with E-state index in [-0.39, 0.29) is 0 Å². The van der Waals surface area contributed by atoms with Gasteiger partial charge in [0, 0.05) is 25.4 Å².